The molecule has 2 unspecified atom stereocenters. The van der Waals surface area contributed by atoms with Crippen LogP contribution in [0.25, 0.3) is 0 Å². The van der Waals surface area contributed by atoms with Crippen molar-refractivity contribution in [2.45, 2.75) is 109 Å². The predicted molar refractivity (Wildman–Crippen MR) is 141 cm³/mol. The average Bonchev–Trinajstić information content (AvgIpc) is 3.05. The van der Waals surface area contributed by atoms with Crippen LogP contribution in [0, 0.1) is 17.3 Å². The van der Waals surface area contributed by atoms with Crippen molar-refractivity contribution in [3.63, 3.8) is 0 Å². The maximum Gasteiger partial charge on any atom is 0.155 e. The molecule has 0 amide bonds. The second kappa shape index (κ2) is 9.71. The number of rotatable bonds is 6. The Bertz CT molecular complexity index is 990. The topological polar surface area (TPSA) is 74.6 Å². The molecule has 0 spiro atoms. The number of sulfone groups is 1. The van der Waals surface area contributed by atoms with Crippen molar-refractivity contribution in [2.75, 3.05) is 5.75 Å². The van der Waals surface area contributed by atoms with E-state index in [-0.39, 0.29) is 11.2 Å². The number of hydrogen-bond donors (Lipinski definition) is 2. The largest absolute Gasteiger partial charge is 0.393 e. The summed E-state index contributed by atoms with van der Waals surface area (Å²) in [4.78, 5) is 0. The SMILES string of the molecule is C=C1/C(=C\C=C2/CCCC3(C)C([C@H](C)CCCS(=O)(=O)C(C)(C)C)=CC[C@@H]23)CC(O)C[C@]1(C)O. The first-order valence-electron chi connectivity index (χ1n) is 13.0. The minimum absolute atomic E-state index is 0.124. The van der Waals surface area contributed by atoms with Crippen LogP contribution in [-0.4, -0.2) is 40.8 Å². The van der Waals surface area contributed by atoms with E-state index in [2.05, 4.69) is 38.7 Å². The molecule has 3 aliphatic rings. The van der Waals surface area contributed by atoms with Crippen molar-refractivity contribution in [3.05, 3.63) is 47.1 Å². The summed E-state index contributed by atoms with van der Waals surface area (Å²) in [5.74, 6) is 1.11. The van der Waals surface area contributed by atoms with Crippen LogP contribution in [0.15, 0.2) is 47.1 Å². The zero-order chi connectivity index (χ0) is 25.5. The number of hydrogen-bond acceptors (Lipinski definition) is 4. The minimum atomic E-state index is -3.08. The predicted octanol–water partition coefficient (Wildman–Crippen LogP) is 6.07. The van der Waals surface area contributed by atoms with E-state index in [4.69, 9.17) is 0 Å². The van der Waals surface area contributed by atoms with Gasteiger partial charge in [-0.2, -0.15) is 0 Å². The minimum Gasteiger partial charge on any atom is -0.393 e. The van der Waals surface area contributed by atoms with Crippen LogP contribution in [0.4, 0.5) is 0 Å². The van der Waals surface area contributed by atoms with E-state index in [0.29, 0.717) is 31.1 Å². The second-order valence-corrected chi connectivity index (χ2v) is 15.3. The highest BCUT2D eigenvalue weighted by Gasteiger charge is 2.46. The van der Waals surface area contributed by atoms with Crippen LogP contribution in [-0.2, 0) is 9.84 Å². The molecule has 3 aliphatic carbocycles. The lowest BCUT2D eigenvalue weighted by atomic mass is 9.62. The maximum absolute atomic E-state index is 12.5. The highest BCUT2D eigenvalue weighted by Crippen LogP contribution is 2.57. The first-order chi connectivity index (χ1) is 15.6. The third kappa shape index (κ3) is 5.47. The fourth-order valence-electron chi connectivity index (χ4n) is 6.41. The lowest BCUT2D eigenvalue weighted by Gasteiger charge is -2.42. The van der Waals surface area contributed by atoms with Gasteiger partial charge in [-0.3, -0.25) is 0 Å². The van der Waals surface area contributed by atoms with Gasteiger partial charge in [0, 0.05) is 6.42 Å². The van der Waals surface area contributed by atoms with Gasteiger partial charge in [0.25, 0.3) is 0 Å². The molecule has 34 heavy (non-hydrogen) atoms. The van der Waals surface area contributed by atoms with Crippen molar-refractivity contribution in [3.8, 4) is 0 Å². The van der Waals surface area contributed by atoms with Gasteiger partial charge < -0.3 is 10.2 Å². The van der Waals surface area contributed by atoms with Crippen LogP contribution in [0.3, 0.4) is 0 Å². The molecule has 0 heterocycles. The van der Waals surface area contributed by atoms with Gasteiger partial charge in [0.1, 0.15) is 0 Å². The van der Waals surface area contributed by atoms with Gasteiger partial charge in [0.05, 0.1) is 22.2 Å². The molecule has 0 bridgehead atoms. The van der Waals surface area contributed by atoms with Gasteiger partial charge in [-0.05, 0) is 101 Å². The van der Waals surface area contributed by atoms with Crippen molar-refractivity contribution < 1.29 is 18.6 Å². The molecule has 0 aromatic carbocycles. The monoisotopic (exact) mass is 490 g/mol. The molecule has 0 radical (unpaired) electrons. The van der Waals surface area contributed by atoms with E-state index in [9.17, 15) is 18.6 Å². The lowest BCUT2D eigenvalue weighted by Crippen LogP contribution is -2.37. The fraction of sp³-hybridized carbons (Fsp3) is 0.724. The van der Waals surface area contributed by atoms with Crippen molar-refractivity contribution >= 4 is 9.84 Å². The Morgan fingerprint density at radius 3 is 2.59 bits per heavy atom. The molecular weight excluding hydrogens is 444 g/mol. The third-order valence-corrected chi connectivity index (χ3v) is 11.4. The van der Waals surface area contributed by atoms with Crippen molar-refractivity contribution in [2.24, 2.45) is 17.3 Å². The highest BCUT2D eigenvalue weighted by atomic mass is 32.2. The molecule has 5 atom stereocenters. The standard InChI is InChI=1S/C29H46O4S/c1-20(10-9-17-34(32,33)27(3,4)5)25-14-15-26-22(11-8-16-28(25,26)6)12-13-23-18-24(30)19-29(7,31)21(23)2/h12-14,20,24,26,30-31H,2,8-11,15-19H2,1,3-7H3/b22-12+,23-13-/t20-,24?,26+,28?,29+/m1/s1. The Hall–Kier alpha value is -1.17. The fourth-order valence-corrected chi connectivity index (χ4v) is 7.57. The van der Waals surface area contributed by atoms with Crippen LogP contribution >= 0.6 is 0 Å². The zero-order valence-electron chi connectivity index (χ0n) is 22.2. The van der Waals surface area contributed by atoms with E-state index in [0.717, 1.165) is 36.8 Å². The Kier molecular flexibility index (Phi) is 7.83. The zero-order valence-corrected chi connectivity index (χ0v) is 23.0. The van der Waals surface area contributed by atoms with Crippen LogP contribution in [0.2, 0.25) is 0 Å². The van der Waals surface area contributed by atoms with Crippen molar-refractivity contribution in [1.82, 2.24) is 0 Å². The Labute approximate surface area is 207 Å². The van der Waals surface area contributed by atoms with E-state index < -0.39 is 26.3 Å². The van der Waals surface area contributed by atoms with Gasteiger partial charge in [0.2, 0.25) is 0 Å². The average molecular weight is 491 g/mol. The second-order valence-electron chi connectivity index (χ2n) is 12.4. The number of fused-ring (bicyclic) bond motifs is 1. The molecule has 0 saturated heterocycles. The van der Waals surface area contributed by atoms with Crippen LogP contribution < -0.4 is 0 Å². The van der Waals surface area contributed by atoms with E-state index in [1.807, 2.05) is 0 Å². The summed E-state index contributed by atoms with van der Waals surface area (Å²) in [6, 6.07) is 0. The van der Waals surface area contributed by atoms with Crippen LogP contribution in [0.5, 0.6) is 0 Å². The number of allylic oxidation sites excluding steroid dienone is 5. The number of aliphatic hydroxyl groups excluding tert-OH is 1. The first-order valence-corrected chi connectivity index (χ1v) is 14.7. The molecular formula is C29H46O4S. The molecule has 2 fully saturated rings. The van der Waals surface area contributed by atoms with Crippen LogP contribution in [0.1, 0.15) is 92.9 Å². The lowest BCUT2D eigenvalue weighted by molar-refractivity contribution is 0.0204. The highest BCUT2D eigenvalue weighted by molar-refractivity contribution is 7.92. The Morgan fingerprint density at radius 1 is 1.26 bits per heavy atom. The summed E-state index contributed by atoms with van der Waals surface area (Å²) < 4.78 is 24.3. The molecule has 0 aromatic rings. The summed E-state index contributed by atoms with van der Waals surface area (Å²) in [6.07, 6.45) is 13.1. The number of aliphatic hydroxyl groups is 2. The molecule has 192 valence electrons. The quantitative estimate of drug-likeness (QED) is 0.443. The normalized spacial score (nSPS) is 36.0. The molecule has 0 aliphatic heterocycles. The van der Waals surface area contributed by atoms with E-state index in [1.54, 1.807) is 27.7 Å². The van der Waals surface area contributed by atoms with E-state index >= 15 is 0 Å². The summed E-state index contributed by atoms with van der Waals surface area (Å²) in [7, 11) is -3.08. The van der Waals surface area contributed by atoms with Gasteiger partial charge >= 0.3 is 0 Å². The summed E-state index contributed by atoms with van der Waals surface area (Å²) in [5.41, 5.74) is 3.69. The molecule has 2 saturated carbocycles. The molecule has 2 N–H and O–H groups in total. The Balaban J connectivity index is 1.71. The first kappa shape index (κ1) is 27.4. The molecule has 5 heteroatoms. The molecule has 0 aromatic heterocycles. The van der Waals surface area contributed by atoms with E-state index in [1.165, 1.54) is 17.6 Å². The smallest absolute Gasteiger partial charge is 0.155 e. The summed E-state index contributed by atoms with van der Waals surface area (Å²) >= 11 is 0. The van der Waals surface area contributed by atoms with Crippen molar-refractivity contribution in [1.29, 1.82) is 0 Å². The molecule has 3 rings (SSSR count). The summed E-state index contributed by atoms with van der Waals surface area (Å²) in [5, 5.41) is 20.8. The molecule has 4 nitrogen and oxygen atoms in total. The van der Waals surface area contributed by atoms with Gasteiger partial charge in [-0.25, -0.2) is 8.42 Å². The Morgan fingerprint density at radius 2 is 1.94 bits per heavy atom. The summed E-state index contributed by atoms with van der Waals surface area (Å²) in [6.45, 7) is 15.9. The van der Waals surface area contributed by atoms with Gasteiger partial charge in [0.15, 0.2) is 9.84 Å². The third-order valence-electron chi connectivity index (χ3n) is 8.75. The van der Waals surface area contributed by atoms with Gasteiger partial charge in [-0.15, -0.1) is 0 Å². The maximum atomic E-state index is 12.5. The van der Waals surface area contributed by atoms with Gasteiger partial charge in [-0.1, -0.05) is 49.8 Å².